The summed E-state index contributed by atoms with van der Waals surface area (Å²) < 4.78 is 4.71. The highest BCUT2D eigenvalue weighted by molar-refractivity contribution is 5.94. The summed E-state index contributed by atoms with van der Waals surface area (Å²) in [7, 11) is 0. The van der Waals surface area contributed by atoms with E-state index in [0.29, 0.717) is 31.1 Å². The molecule has 0 saturated carbocycles. The number of primary amides is 1. The Morgan fingerprint density at radius 2 is 2.33 bits per heavy atom. The van der Waals surface area contributed by atoms with Crippen LogP contribution < -0.4 is 16.0 Å². The first-order chi connectivity index (χ1) is 10.1. The number of carbonyl (C=O) groups excluding carboxylic acids is 2. The number of aromatic nitrogens is 2. The Bertz CT molecular complexity index is 505. The second kappa shape index (κ2) is 6.87. The van der Waals surface area contributed by atoms with Gasteiger partial charge in [-0.1, -0.05) is 6.92 Å². The van der Waals surface area contributed by atoms with Crippen molar-refractivity contribution in [1.82, 2.24) is 9.97 Å². The minimum absolute atomic E-state index is 0.0854. The Kier molecular flexibility index (Phi) is 4.91. The van der Waals surface area contributed by atoms with Gasteiger partial charge in [-0.25, -0.2) is 14.8 Å². The Balaban J connectivity index is 1.82. The first-order valence-electron chi connectivity index (χ1n) is 6.85. The molecule has 8 nitrogen and oxygen atoms in total. The lowest BCUT2D eigenvalue weighted by molar-refractivity contribution is -0.117. The maximum absolute atomic E-state index is 11.6. The van der Waals surface area contributed by atoms with Crippen molar-refractivity contribution >= 4 is 23.6 Å². The lowest BCUT2D eigenvalue weighted by Gasteiger charge is -2.15. The summed E-state index contributed by atoms with van der Waals surface area (Å²) in [4.78, 5) is 32.2. The van der Waals surface area contributed by atoms with Crippen LogP contribution in [0.3, 0.4) is 0 Å². The Morgan fingerprint density at radius 1 is 1.52 bits per heavy atom. The van der Waals surface area contributed by atoms with Gasteiger partial charge in [0.25, 0.3) is 0 Å². The third-order valence-corrected chi connectivity index (χ3v) is 3.13. The van der Waals surface area contributed by atoms with E-state index in [1.807, 2.05) is 6.92 Å². The van der Waals surface area contributed by atoms with Crippen molar-refractivity contribution in [3.8, 4) is 0 Å². The smallest absolute Gasteiger partial charge is 0.404 e. The molecule has 1 unspecified atom stereocenters. The second-order valence-corrected chi connectivity index (χ2v) is 5.02. The molecule has 1 saturated heterocycles. The minimum atomic E-state index is -0.777. The molecule has 1 aromatic heterocycles. The normalized spacial score (nSPS) is 15.9. The quantitative estimate of drug-likeness (QED) is 0.800. The van der Waals surface area contributed by atoms with Crippen molar-refractivity contribution in [2.24, 2.45) is 11.7 Å². The van der Waals surface area contributed by atoms with Crippen LogP contribution in [0.5, 0.6) is 0 Å². The van der Waals surface area contributed by atoms with Gasteiger partial charge < -0.3 is 15.8 Å². The number of nitrogens with zero attached hydrogens (tertiary/aromatic N) is 3. The average Bonchev–Trinajstić information content (AvgIpc) is 2.89. The van der Waals surface area contributed by atoms with Crippen molar-refractivity contribution in [1.29, 1.82) is 0 Å². The standard InChI is InChI=1S/C13H19N5O3/c1-9(8-21-13(14)20)5-15-10-6-17-11(7-16-10)18-4-2-3-12(18)19/h6-7,9H,2-5,8H2,1H3,(H2,14,20)(H,15,16). The zero-order valence-electron chi connectivity index (χ0n) is 11.9. The number of amides is 2. The SMILES string of the molecule is CC(CNc1cnc(N2CCCC2=O)cn1)COC(N)=O. The van der Waals surface area contributed by atoms with Gasteiger partial charge in [0.05, 0.1) is 19.0 Å². The van der Waals surface area contributed by atoms with E-state index in [2.05, 4.69) is 15.3 Å². The van der Waals surface area contributed by atoms with Crippen LogP contribution in [0.4, 0.5) is 16.4 Å². The van der Waals surface area contributed by atoms with Gasteiger partial charge in [0.15, 0.2) is 5.82 Å². The van der Waals surface area contributed by atoms with Crippen LogP contribution in [-0.4, -0.2) is 41.7 Å². The predicted molar refractivity (Wildman–Crippen MR) is 76.8 cm³/mol. The fourth-order valence-electron chi connectivity index (χ4n) is 2.00. The first kappa shape index (κ1) is 15.0. The molecule has 1 aliphatic rings. The Hall–Kier alpha value is -2.38. The van der Waals surface area contributed by atoms with Crippen LogP contribution in [0.1, 0.15) is 19.8 Å². The average molecular weight is 293 g/mol. The van der Waals surface area contributed by atoms with Gasteiger partial charge in [-0.3, -0.25) is 9.69 Å². The first-order valence-corrected chi connectivity index (χ1v) is 6.85. The molecule has 2 heterocycles. The Morgan fingerprint density at radius 3 is 2.90 bits per heavy atom. The van der Waals surface area contributed by atoms with Gasteiger partial charge in [-0.05, 0) is 6.42 Å². The molecule has 0 aromatic carbocycles. The lowest BCUT2D eigenvalue weighted by Crippen LogP contribution is -2.25. The highest BCUT2D eigenvalue weighted by Crippen LogP contribution is 2.18. The summed E-state index contributed by atoms with van der Waals surface area (Å²) in [6, 6.07) is 0. The van der Waals surface area contributed by atoms with Gasteiger partial charge in [0.1, 0.15) is 5.82 Å². The number of rotatable bonds is 6. The van der Waals surface area contributed by atoms with E-state index in [4.69, 9.17) is 10.5 Å². The number of hydrogen-bond acceptors (Lipinski definition) is 6. The molecule has 3 N–H and O–H groups in total. The number of nitrogens with one attached hydrogen (secondary N) is 1. The van der Waals surface area contributed by atoms with Crippen molar-refractivity contribution in [3.63, 3.8) is 0 Å². The monoisotopic (exact) mass is 293 g/mol. The second-order valence-electron chi connectivity index (χ2n) is 5.02. The zero-order valence-corrected chi connectivity index (χ0v) is 11.9. The molecule has 0 spiro atoms. The molecule has 2 amide bonds. The van der Waals surface area contributed by atoms with Crippen LogP contribution in [0.2, 0.25) is 0 Å². The van der Waals surface area contributed by atoms with Gasteiger partial charge >= 0.3 is 6.09 Å². The van der Waals surface area contributed by atoms with Crippen molar-refractivity contribution in [2.75, 3.05) is 29.9 Å². The fraction of sp³-hybridized carbons (Fsp3) is 0.538. The summed E-state index contributed by atoms with van der Waals surface area (Å²) in [5.74, 6) is 1.37. The van der Waals surface area contributed by atoms with E-state index in [9.17, 15) is 9.59 Å². The molecule has 8 heteroatoms. The van der Waals surface area contributed by atoms with Gasteiger partial charge in [0.2, 0.25) is 5.91 Å². The summed E-state index contributed by atoms with van der Waals surface area (Å²) >= 11 is 0. The molecule has 21 heavy (non-hydrogen) atoms. The number of carbonyl (C=O) groups is 2. The molecular formula is C13H19N5O3. The van der Waals surface area contributed by atoms with E-state index in [1.165, 1.54) is 0 Å². The molecule has 1 aliphatic heterocycles. The highest BCUT2D eigenvalue weighted by Gasteiger charge is 2.22. The van der Waals surface area contributed by atoms with Crippen LogP contribution in [0.15, 0.2) is 12.4 Å². The van der Waals surface area contributed by atoms with Crippen molar-refractivity contribution < 1.29 is 14.3 Å². The molecule has 114 valence electrons. The molecule has 1 fully saturated rings. The summed E-state index contributed by atoms with van der Waals surface area (Å²) in [6.07, 6.45) is 3.82. The van der Waals surface area contributed by atoms with E-state index in [0.717, 1.165) is 6.42 Å². The maximum Gasteiger partial charge on any atom is 0.404 e. The summed E-state index contributed by atoms with van der Waals surface area (Å²) in [5.41, 5.74) is 4.90. The number of nitrogens with two attached hydrogens (primary N) is 1. The fourth-order valence-corrected chi connectivity index (χ4v) is 2.00. The topological polar surface area (TPSA) is 110 Å². The van der Waals surface area contributed by atoms with Crippen molar-refractivity contribution in [3.05, 3.63) is 12.4 Å². The lowest BCUT2D eigenvalue weighted by atomic mass is 10.2. The Labute approximate surface area is 122 Å². The van der Waals surface area contributed by atoms with Crippen LogP contribution >= 0.6 is 0 Å². The number of anilines is 2. The van der Waals surface area contributed by atoms with E-state index in [-0.39, 0.29) is 18.4 Å². The number of ether oxygens (including phenoxy) is 1. The van der Waals surface area contributed by atoms with E-state index < -0.39 is 6.09 Å². The van der Waals surface area contributed by atoms with Gasteiger partial charge in [-0.2, -0.15) is 0 Å². The summed E-state index contributed by atoms with van der Waals surface area (Å²) in [6.45, 7) is 3.43. The summed E-state index contributed by atoms with van der Waals surface area (Å²) in [5, 5.41) is 3.09. The maximum atomic E-state index is 11.6. The molecule has 2 rings (SSSR count). The number of hydrogen-bond donors (Lipinski definition) is 2. The molecule has 0 aliphatic carbocycles. The predicted octanol–water partition coefficient (Wildman–Crippen LogP) is 0.747. The van der Waals surface area contributed by atoms with Gasteiger partial charge in [0, 0.05) is 25.4 Å². The molecule has 0 radical (unpaired) electrons. The third-order valence-electron chi connectivity index (χ3n) is 3.13. The largest absolute Gasteiger partial charge is 0.449 e. The van der Waals surface area contributed by atoms with E-state index in [1.54, 1.807) is 17.3 Å². The molecule has 1 atom stereocenters. The highest BCUT2D eigenvalue weighted by atomic mass is 16.5. The van der Waals surface area contributed by atoms with Crippen molar-refractivity contribution in [2.45, 2.75) is 19.8 Å². The molecular weight excluding hydrogens is 274 g/mol. The third kappa shape index (κ3) is 4.30. The minimum Gasteiger partial charge on any atom is -0.449 e. The van der Waals surface area contributed by atoms with Crippen LogP contribution in [0, 0.1) is 5.92 Å². The zero-order chi connectivity index (χ0) is 15.2. The van der Waals surface area contributed by atoms with Crippen LogP contribution in [0.25, 0.3) is 0 Å². The van der Waals surface area contributed by atoms with Crippen LogP contribution in [-0.2, 0) is 9.53 Å². The van der Waals surface area contributed by atoms with E-state index >= 15 is 0 Å². The molecule has 0 bridgehead atoms. The van der Waals surface area contributed by atoms with Gasteiger partial charge in [-0.15, -0.1) is 0 Å². The molecule has 1 aromatic rings.